The molecule has 1 heterocycles. The van der Waals surface area contributed by atoms with Gasteiger partial charge in [-0.25, -0.2) is 9.59 Å². The summed E-state index contributed by atoms with van der Waals surface area (Å²) in [6, 6.07) is 15.7. The highest BCUT2D eigenvalue weighted by Crippen LogP contribution is 2.34. The van der Waals surface area contributed by atoms with E-state index in [0.29, 0.717) is 27.5 Å². The third-order valence-electron chi connectivity index (χ3n) is 5.87. The Morgan fingerprint density at radius 1 is 0.725 bits per heavy atom. The molecule has 12 nitrogen and oxygen atoms in total. The van der Waals surface area contributed by atoms with Gasteiger partial charge in [-0.3, -0.25) is 19.7 Å². The summed E-state index contributed by atoms with van der Waals surface area (Å²) < 4.78 is 1.78. The van der Waals surface area contributed by atoms with Crippen molar-refractivity contribution >= 4 is 62.4 Å². The Kier molecular flexibility index (Phi) is 7.62. The lowest BCUT2D eigenvalue weighted by molar-refractivity contribution is -0.384. The molecule has 0 bridgehead atoms. The molecule has 0 fully saturated rings. The Hall–Kier alpha value is -5.52. The minimum Gasteiger partial charge on any atom is -0.318 e. The summed E-state index contributed by atoms with van der Waals surface area (Å²) in [6.07, 6.45) is 0. The number of nitro benzene ring substituents is 1. The van der Waals surface area contributed by atoms with Crippen LogP contribution in [0.3, 0.4) is 0 Å². The van der Waals surface area contributed by atoms with E-state index in [1.165, 1.54) is 26.0 Å². The number of oxime groups is 2. The van der Waals surface area contributed by atoms with Gasteiger partial charge in [0.15, 0.2) is 0 Å². The molecule has 0 atom stereocenters. The van der Waals surface area contributed by atoms with Crippen molar-refractivity contribution in [2.75, 3.05) is 0 Å². The fraction of sp³-hybridized carbons (Fsp3) is 0.143. The van der Waals surface area contributed by atoms with Gasteiger partial charge in [0.05, 0.1) is 21.6 Å². The Morgan fingerprint density at radius 3 is 1.62 bits per heavy atom. The first-order valence-electron chi connectivity index (χ1n) is 11.8. The van der Waals surface area contributed by atoms with E-state index in [-0.39, 0.29) is 28.2 Å². The molecule has 1 aromatic heterocycles. The van der Waals surface area contributed by atoms with E-state index >= 15 is 0 Å². The Morgan fingerprint density at radius 2 is 1.20 bits per heavy atom. The van der Waals surface area contributed by atoms with Gasteiger partial charge in [-0.2, -0.15) is 0 Å². The zero-order valence-corrected chi connectivity index (χ0v) is 21.8. The third kappa shape index (κ3) is 5.50. The van der Waals surface area contributed by atoms with Crippen LogP contribution in [0.5, 0.6) is 0 Å². The predicted molar refractivity (Wildman–Crippen MR) is 146 cm³/mol. The summed E-state index contributed by atoms with van der Waals surface area (Å²) in [4.78, 5) is 68.3. The lowest BCUT2D eigenvalue weighted by Gasteiger charge is -2.08. The average Bonchev–Trinajstić information content (AvgIpc) is 3.26. The number of non-ortho nitro benzene ring substituents is 1. The molecular weight excluding hydrogens is 520 g/mol. The molecule has 0 amide bonds. The molecule has 0 aliphatic carbocycles. The molecule has 4 aromatic rings. The number of benzene rings is 3. The van der Waals surface area contributed by atoms with Crippen LogP contribution in [0.25, 0.3) is 27.5 Å². The van der Waals surface area contributed by atoms with Crippen LogP contribution in [0, 0.1) is 10.1 Å². The molecule has 0 aliphatic rings. The summed E-state index contributed by atoms with van der Waals surface area (Å²) in [6.45, 7) is 5.13. The molecule has 0 spiro atoms. The molecule has 3 aromatic carbocycles. The van der Waals surface area contributed by atoms with Crippen molar-refractivity contribution in [1.29, 1.82) is 0 Å². The van der Waals surface area contributed by atoms with Gasteiger partial charge >= 0.3 is 11.9 Å². The van der Waals surface area contributed by atoms with Gasteiger partial charge in [0.1, 0.15) is 11.4 Å². The second-order valence-electron chi connectivity index (χ2n) is 8.75. The number of ketones is 2. The highest BCUT2D eigenvalue weighted by atomic mass is 16.7. The molecule has 0 radical (unpaired) electrons. The third-order valence-corrected chi connectivity index (χ3v) is 5.87. The minimum atomic E-state index is -0.674. The van der Waals surface area contributed by atoms with Crippen LogP contribution in [-0.4, -0.2) is 44.4 Å². The maximum atomic E-state index is 13.0. The van der Waals surface area contributed by atoms with Crippen LogP contribution in [0.4, 0.5) is 5.69 Å². The van der Waals surface area contributed by atoms with Crippen molar-refractivity contribution < 1.29 is 33.8 Å². The van der Waals surface area contributed by atoms with Crippen LogP contribution in [0.15, 0.2) is 71.0 Å². The van der Waals surface area contributed by atoms with Crippen molar-refractivity contribution in [3.63, 3.8) is 0 Å². The normalized spacial score (nSPS) is 11.9. The van der Waals surface area contributed by atoms with E-state index in [9.17, 15) is 29.3 Å². The Bertz CT molecular complexity index is 1700. The second kappa shape index (κ2) is 11.1. The zero-order chi connectivity index (χ0) is 29.1. The number of rotatable bonds is 8. The number of carbonyl (C=O) groups is 4. The van der Waals surface area contributed by atoms with E-state index in [2.05, 4.69) is 20.0 Å². The Balaban J connectivity index is 1.95. The lowest BCUT2D eigenvalue weighted by atomic mass is 10.0. The van der Waals surface area contributed by atoms with Gasteiger partial charge in [-0.05, 0) is 56.3 Å². The van der Waals surface area contributed by atoms with Crippen molar-refractivity contribution in [2.24, 2.45) is 10.3 Å². The van der Waals surface area contributed by atoms with E-state index in [0.717, 1.165) is 13.8 Å². The largest absolute Gasteiger partial charge is 0.331 e. The van der Waals surface area contributed by atoms with E-state index in [1.54, 1.807) is 53.1 Å². The number of carbonyl (C=O) groups excluding carboxylic acids is 4. The first kappa shape index (κ1) is 27.5. The second-order valence-corrected chi connectivity index (χ2v) is 8.75. The monoisotopic (exact) mass is 542 g/mol. The topological polar surface area (TPSA) is 160 Å². The highest BCUT2D eigenvalue weighted by molar-refractivity contribution is 6.46. The molecular formula is C28H22N4O8. The smallest absolute Gasteiger partial charge is 0.318 e. The van der Waals surface area contributed by atoms with Crippen LogP contribution in [0.1, 0.15) is 48.4 Å². The van der Waals surface area contributed by atoms with Gasteiger partial charge in [0.2, 0.25) is 11.6 Å². The van der Waals surface area contributed by atoms with Crippen molar-refractivity contribution in [3.8, 4) is 5.69 Å². The number of nitrogens with zero attached hydrogens (tertiary/aromatic N) is 4. The van der Waals surface area contributed by atoms with Gasteiger partial charge in [0.25, 0.3) is 5.69 Å². The van der Waals surface area contributed by atoms with E-state index in [4.69, 9.17) is 0 Å². The van der Waals surface area contributed by atoms with E-state index < -0.39 is 28.4 Å². The van der Waals surface area contributed by atoms with Crippen LogP contribution in [-0.2, 0) is 19.3 Å². The molecule has 4 rings (SSSR count). The molecule has 0 saturated heterocycles. The first-order chi connectivity index (χ1) is 19.0. The van der Waals surface area contributed by atoms with Crippen LogP contribution in [0.2, 0.25) is 0 Å². The first-order valence-corrected chi connectivity index (χ1v) is 11.8. The molecule has 0 aliphatic heterocycles. The average molecular weight is 543 g/mol. The predicted octanol–water partition coefficient (Wildman–Crippen LogP) is 4.94. The number of Topliss-reactive ketones (excluding diaryl/α,β-unsaturated/α-hetero) is 2. The van der Waals surface area contributed by atoms with Gasteiger partial charge < -0.3 is 14.2 Å². The summed E-state index contributed by atoms with van der Waals surface area (Å²) in [5.74, 6) is -2.33. The maximum absolute atomic E-state index is 13.0. The summed E-state index contributed by atoms with van der Waals surface area (Å²) >= 11 is 0. The molecule has 0 N–H and O–H groups in total. The van der Waals surface area contributed by atoms with Crippen LogP contribution < -0.4 is 0 Å². The summed E-state index contributed by atoms with van der Waals surface area (Å²) in [5, 5.41) is 19.7. The number of fused-ring (bicyclic) bond motifs is 3. The quantitative estimate of drug-likeness (QED) is 0.0995. The minimum absolute atomic E-state index is 0.0508. The fourth-order valence-electron chi connectivity index (χ4n) is 4.10. The number of nitro groups is 1. The number of aromatic nitrogens is 1. The molecule has 0 saturated carbocycles. The molecule has 0 unspecified atom stereocenters. The Labute approximate surface area is 226 Å². The van der Waals surface area contributed by atoms with E-state index in [1.807, 2.05) is 0 Å². The lowest BCUT2D eigenvalue weighted by Crippen LogP contribution is -2.12. The van der Waals surface area contributed by atoms with Gasteiger partial charge in [0, 0.05) is 47.9 Å². The molecule has 40 heavy (non-hydrogen) atoms. The SMILES string of the molecule is CC(=O)ON=C(C)C(=O)c1ccc2c(c1)c1cc(C(=O)C(C)=NOC(C)=O)ccc1n2-c1cccc([N+](=O)[O-])c1. The highest BCUT2D eigenvalue weighted by Gasteiger charge is 2.20. The van der Waals surface area contributed by atoms with Gasteiger partial charge in [-0.15, -0.1) is 0 Å². The fourth-order valence-corrected chi connectivity index (χ4v) is 4.10. The van der Waals surface area contributed by atoms with Crippen LogP contribution >= 0.6 is 0 Å². The van der Waals surface area contributed by atoms with Crippen molar-refractivity contribution in [2.45, 2.75) is 27.7 Å². The number of hydrogen-bond acceptors (Lipinski definition) is 10. The number of hydrogen-bond donors (Lipinski definition) is 0. The summed E-state index contributed by atoms with van der Waals surface area (Å²) in [7, 11) is 0. The van der Waals surface area contributed by atoms with Crippen molar-refractivity contribution in [3.05, 3.63) is 81.9 Å². The van der Waals surface area contributed by atoms with Gasteiger partial charge in [-0.1, -0.05) is 16.4 Å². The zero-order valence-electron chi connectivity index (χ0n) is 21.8. The van der Waals surface area contributed by atoms with Crippen molar-refractivity contribution in [1.82, 2.24) is 4.57 Å². The summed E-state index contributed by atoms with van der Waals surface area (Å²) in [5.41, 5.74) is 1.98. The standard InChI is InChI=1S/C28H22N4O8/c1-15(29-39-17(3)33)27(35)19-8-10-25-23(12-19)24-13-20(28(36)16(2)30-40-18(4)34)9-11-26(24)31(25)21-6-5-7-22(14-21)32(37)38/h5-14H,1-4H3. The maximum Gasteiger partial charge on any atom is 0.331 e. The molecule has 12 heteroatoms. The molecule has 202 valence electrons.